The molecule has 2 heterocycles. The summed E-state index contributed by atoms with van der Waals surface area (Å²) in [7, 11) is 0. The Morgan fingerprint density at radius 1 is 1.45 bits per heavy atom. The third-order valence-corrected chi connectivity index (χ3v) is 3.08. The highest BCUT2D eigenvalue weighted by molar-refractivity contribution is 5.84. The number of aromatic nitrogens is 4. The Balaban J connectivity index is 2.17. The van der Waals surface area contributed by atoms with Gasteiger partial charge in [0.2, 0.25) is 5.91 Å². The zero-order valence-electron chi connectivity index (χ0n) is 11.8. The van der Waals surface area contributed by atoms with E-state index in [0.29, 0.717) is 24.6 Å². The van der Waals surface area contributed by atoms with Gasteiger partial charge in [-0.25, -0.2) is 9.89 Å². The van der Waals surface area contributed by atoms with E-state index < -0.39 is 11.7 Å². The van der Waals surface area contributed by atoms with Gasteiger partial charge in [0.05, 0.1) is 0 Å². The van der Waals surface area contributed by atoms with Crippen LogP contribution < -0.4 is 11.0 Å². The summed E-state index contributed by atoms with van der Waals surface area (Å²) in [5, 5.41) is 13.2. The van der Waals surface area contributed by atoms with Gasteiger partial charge in [-0.1, -0.05) is 0 Å². The van der Waals surface area contributed by atoms with Crippen LogP contribution >= 0.6 is 0 Å². The maximum absolute atomic E-state index is 12.1. The first kappa shape index (κ1) is 14.0. The summed E-state index contributed by atoms with van der Waals surface area (Å²) in [5.41, 5.74) is 0.0228. The Bertz CT molecular complexity index is 657. The predicted molar refractivity (Wildman–Crippen MR) is 74.6 cm³/mol. The van der Waals surface area contributed by atoms with Gasteiger partial charge in [-0.3, -0.25) is 4.79 Å². The van der Waals surface area contributed by atoms with Gasteiger partial charge >= 0.3 is 5.69 Å². The highest BCUT2D eigenvalue weighted by Crippen LogP contribution is 2.06. The largest absolute Gasteiger partial charge is 0.364 e. The van der Waals surface area contributed by atoms with Gasteiger partial charge in [0.1, 0.15) is 11.9 Å². The number of carbonyl (C=O) groups excluding carboxylic acids is 1. The van der Waals surface area contributed by atoms with Crippen molar-refractivity contribution in [3.05, 3.63) is 22.6 Å². The zero-order valence-corrected chi connectivity index (χ0v) is 11.8. The highest BCUT2D eigenvalue weighted by Gasteiger charge is 2.18. The molecular weight excluding hydrogens is 260 g/mol. The molecule has 0 aliphatic heterocycles. The van der Waals surface area contributed by atoms with Gasteiger partial charge in [-0.15, -0.1) is 5.10 Å². The number of amides is 1. The number of aromatic amines is 1. The lowest BCUT2D eigenvalue weighted by Gasteiger charge is -2.23. The number of nitrogens with one attached hydrogen (secondary N) is 2. The molecule has 1 atom stereocenters. The van der Waals surface area contributed by atoms with E-state index in [9.17, 15) is 9.59 Å². The van der Waals surface area contributed by atoms with Crippen LogP contribution in [0.15, 0.2) is 16.9 Å². The summed E-state index contributed by atoms with van der Waals surface area (Å²) in [6, 6.07) is 2.92. The fraction of sp³-hybridized carbons (Fsp3) is 0.500. The van der Waals surface area contributed by atoms with Crippen LogP contribution in [0.2, 0.25) is 0 Å². The van der Waals surface area contributed by atoms with E-state index in [2.05, 4.69) is 20.6 Å². The van der Waals surface area contributed by atoms with Gasteiger partial charge in [-0.05, 0) is 32.9 Å². The van der Waals surface area contributed by atoms with Crippen molar-refractivity contribution in [2.45, 2.75) is 26.8 Å². The van der Waals surface area contributed by atoms with Crippen LogP contribution in [-0.2, 0) is 4.79 Å². The predicted octanol–water partition coefficient (Wildman–Crippen LogP) is 0.0864. The lowest BCUT2D eigenvalue weighted by atomic mass is 10.2. The number of H-pyrrole nitrogens is 1. The van der Waals surface area contributed by atoms with Crippen molar-refractivity contribution >= 4 is 17.4 Å². The molecule has 0 bridgehead atoms. The number of nitrogens with zero attached hydrogens (tertiary/aromatic N) is 4. The molecule has 0 spiro atoms. The molecule has 8 heteroatoms. The Hall–Kier alpha value is -2.38. The van der Waals surface area contributed by atoms with Crippen molar-refractivity contribution in [3.8, 4) is 0 Å². The monoisotopic (exact) mass is 278 g/mol. The molecule has 1 amide bonds. The normalized spacial score (nSPS) is 12.3. The number of carbonyl (C=O) groups is 1. The lowest BCUT2D eigenvalue weighted by Crippen LogP contribution is -2.41. The summed E-state index contributed by atoms with van der Waals surface area (Å²) >= 11 is 0. The molecule has 0 saturated carbocycles. The number of fused-ring (bicyclic) bond motifs is 1. The summed E-state index contributed by atoms with van der Waals surface area (Å²) in [4.78, 5) is 25.3. The molecule has 1 unspecified atom stereocenters. The number of likely N-dealkylation sites (N-methyl/N-ethyl adjacent to an activating group) is 1. The smallest absolute Gasteiger partial charge is 0.357 e. The van der Waals surface area contributed by atoms with Gasteiger partial charge in [0, 0.05) is 13.1 Å². The standard InChI is InChI=1S/C12H18N6O2/c1-4-17(5-2)11(19)8(3)13-9-6-7-10-14-15-12(20)18(10)16-9/h6-8H,4-5H2,1-3H3,(H,13,16)(H,15,20). The maximum Gasteiger partial charge on any atom is 0.364 e. The average molecular weight is 278 g/mol. The van der Waals surface area contributed by atoms with E-state index in [1.807, 2.05) is 13.8 Å². The molecule has 8 nitrogen and oxygen atoms in total. The van der Waals surface area contributed by atoms with Gasteiger partial charge < -0.3 is 10.2 Å². The number of anilines is 1. The topological polar surface area (TPSA) is 95.4 Å². The van der Waals surface area contributed by atoms with Crippen LogP contribution in [0.1, 0.15) is 20.8 Å². The van der Waals surface area contributed by atoms with E-state index >= 15 is 0 Å². The van der Waals surface area contributed by atoms with E-state index in [1.165, 1.54) is 0 Å². The molecule has 0 aromatic carbocycles. The van der Waals surface area contributed by atoms with Crippen LogP contribution in [0.3, 0.4) is 0 Å². The SMILES string of the molecule is CCN(CC)C(=O)C(C)Nc1ccc2n[nH]c(=O)n2n1. The molecule has 0 radical (unpaired) electrons. The first-order valence-electron chi connectivity index (χ1n) is 6.56. The number of hydrogen-bond donors (Lipinski definition) is 2. The first-order valence-corrected chi connectivity index (χ1v) is 6.56. The average Bonchev–Trinajstić information content (AvgIpc) is 2.81. The third kappa shape index (κ3) is 2.63. The quantitative estimate of drug-likeness (QED) is 0.808. The van der Waals surface area contributed by atoms with Crippen molar-refractivity contribution in [2.24, 2.45) is 0 Å². The van der Waals surface area contributed by atoms with E-state index in [-0.39, 0.29) is 5.91 Å². The van der Waals surface area contributed by atoms with E-state index in [4.69, 9.17) is 0 Å². The second-order valence-electron chi connectivity index (χ2n) is 4.39. The summed E-state index contributed by atoms with van der Waals surface area (Å²) < 4.78 is 1.15. The molecular formula is C12H18N6O2. The highest BCUT2D eigenvalue weighted by atomic mass is 16.2. The molecule has 2 aromatic rings. The molecule has 0 aliphatic carbocycles. The summed E-state index contributed by atoms with van der Waals surface area (Å²) in [6.45, 7) is 6.96. The number of rotatable bonds is 5. The van der Waals surface area contributed by atoms with Crippen molar-refractivity contribution in [3.63, 3.8) is 0 Å². The van der Waals surface area contributed by atoms with Crippen LogP contribution in [0.25, 0.3) is 5.65 Å². The second kappa shape index (κ2) is 5.72. The van der Waals surface area contributed by atoms with E-state index in [1.54, 1.807) is 24.0 Å². The lowest BCUT2D eigenvalue weighted by molar-refractivity contribution is -0.131. The second-order valence-corrected chi connectivity index (χ2v) is 4.39. The number of hydrogen-bond acceptors (Lipinski definition) is 5. The van der Waals surface area contributed by atoms with Crippen molar-refractivity contribution in [2.75, 3.05) is 18.4 Å². The zero-order chi connectivity index (χ0) is 14.7. The van der Waals surface area contributed by atoms with Crippen LogP contribution in [-0.4, -0.2) is 49.7 Å². The summed E-state index contributed by atoms with van der Waals surface area (Å²) in [5.74, 6) is 0.449. The molecule has 108 valence electrons. The van der Waals surface area contributed by atoms with Crippen LogP contribution in [0.5, 0.6) is 0 Å². The van der Waals surface area contributed by atoms with Gasteiger partial charge in [-0.2, -0.15) is 9.61 Å². The molecule has 0 fully saturated rings. The Kier molecular flexibility index (Phi) is 4.02. The van der Waals surface area contributed by atoms with Crippen molar-refractivity contribution < 1.29 is 4.79 Å². The minimum Gasteiger partial charge on any atom is -0.357 e. The van der Waals surface area contributed by atoms with Gasteiger partial charge in [0.15, 0.2) is 5.65 Å². The maximum atomic E-state index is 12.1. The molecule has 2 rings (SSSR count). The molecule has 0 saturated heterocycles. The molecule has 0 aliphatic rings. The Morgan fingerprint density at radius 3 is 2.80 bits per heavy atom. The fourth-order valence-electron chi connectivity index (χ4n) is 1.97. The molecule has 2 aromatic heterocycles. The van der Waals surface area contributed by atoms with Crippen molar-refractivity contribution in [1.82, 2.24) is 24.7 Å². The third-order valence-electron chi connectivity index (χ3n) is 3.08. The molecule has 2 N–H and O–H groups in total. The molecule has 20 heavy (non-hydrogen) atoms. The fourth-order valence-corrected chi connectivity index (χ4v) is 1.97. The van der Waals surface area contributed by atoms with Crippen molar-refractivity contribution in [1.29, 1.82) is 0 Å². The van der Waals surface area contributed by atoms with E-state index in [0.717, 1.165) is 4.52 Å². The minimum atomic E-state index is -0.414. The Labute approximate surface area is 115 Å². The van der Waals surface area contributed by atoms with Crippen LogP contribution in [0.4, 0.5) is 5.82 Å². The van der Waals surface area contributed by atoms with Crippen LogP contribution in [0, 0.1) is 0 Å². The Morgan fingerprint density at radius 2 is 2.15 bits per heavy atom. The van der Waals surface area contributed by atoms with Gasteiger partial charge in [0.25, 0.3) is 0 Å². The first-order chi connectivity index (χ1) is 9.56. The minimum absolute atomic E-state index is 0.00330. The summed E-state index contributed by atoms with van der Waals surface area (Å²) in [6.07, 6.45) is 0.